The van der Waals surface area contributed by atoms with Crippen LogP contribution in [0.3, 0.4) is 0 Å². The van der Waals surface area contributed by atoms with Crippen LogP contribution >= 0.6 is 0 Å². The average molecular weight is 263 g/mol. The molecule has 2 rings (SSSR count). The summed E-state index contributed by atoms with van der Waals surface area (Å²) in [5.74, 6) is 0.451. The Morgan fingerprint density at radius 3 is 2.84 bits per heavy atom. The molecular formula is C12H17N5O2. The number of nitrogens with one attached hydrogen (secondary N) is 1. The topological polar surface area (TPSA) is 99.0 Å². The Balaban J connectivity index is 2.12. The van der Waals surface area contributed by atoms with Gasteiger partial charge in [0.15, 0.2) is 0 Å². The summed E-state index contributed by atoms with van der Waals surface area (Å²) in [6, 6.07) is 0. The molecule has 7 heteroatoms. The van der Waals surface area contributed by atoms with Crippen molar-refractivity contribution in [2.45, 2.75) is 33.9 Å². The summed E-state index contributed by atoms with van der Waals surface area (Å²) in [5, 5.41) is 10.7. The van der Waals surface area contributed by atoms with Crippen LogP contribution in [0.2, 0.25) is 0 Å². The zero-order valence-electron chi connectivity index (χ0n) is 11.2. The van der Waals surface area contributed by atoms with Crippen molar-refractivity contribution < 1.29 is 9.32 Å². The Hall–Kier alpha value is -2.31. The van der Waals surface area contributed by atoms with Gasteiger partial charge in [-0.1, -0.05) is 5.16 Å². The average Bonchev–Trinajstić information content (AvgIpc) is 2.91. The van der Waals surface area contributed by atoms with Crippen LogP contribution in [-0.4, -0.2) is 20.8 Å². The number of nitrogens with two attached hydrogens (primary N) is 1. The Labute approximate surface area is 110 Å². The molecule has 0 aliphatic rings. The van der Waals surface area contributed by atoms with E-state index in [9.17, 15) is 4.79 Å². The quantitative estimate of drug-likeness (QED) is 0.858. The van der Waals surface area contributed by atoms with Gasteiger partial charge in [0.25, 0.3) is 5.91 Å². The number of carbonyl (C=O) groups is 1. The Kier molecular flexibility index (Phi) is 3.55. The largest absolute Gasteiger partial charge is 0.396 e. The molecule has 0 bridgehead atoms. The fourth-order valence-corrected chi connectivity index (χ4v) is 1.89. The van der Waals surface area contributed by atoms with E-state index >= 15 is 0 Å². The zero-order chi connectivity index (χ0) is 14.0. The highest BCUT2D eigenvalue weighted by Gasteiger charge is 2.17. The number of anilines is 1. The van der Waals surface area contributed by atoms with Crippen molar-refractivity contribution in [1.82, 2.24) is 20.3 Å². The molecule has 102 valence electrons. The zero-order valence-corrected chi connectivity index (χ0v) is 11.2. The van der Waals surface area contributed by atoms with Crippen LogP contribution in [0.5, 0.6) is 0 Å². The summed E-state index contributed by atoms with van der Waals surface area (Å²) in [6.07, 6.45) is 1.48. The third kappa shape index (κ3) is 2.44. The maximum absolute atomic E-state index is 12.1. The molecule has 0 aliphatic carbocycles. The van der Waals surface area contributed by atoms with Gasteiger partial charge in [0.05, 0.1) is 17.6 Å². The van der Waals surface area contributed by atoms with Crippen molar-refractivity contribution >= 4 is 11.6 Å². The molecule has 2 aromatic rings. The summed E-state index contributed by atoms with van der Waals surface area (Å²) in [4.78, 5) is 12.1. The molecule has 0 atom stereocenters. The first-order chi connectivity index (χ1) is 9.04. The van der Waals surface area contributed by atoms with Gasteiger partial charge in [-0.3, -0.25) is 9.48 Å². The lowest BCUT2D eigenvalue weighted by molar-refractivity contribution is 0.0941. The lowest BCUT2D eigenvalue weighted by Gasteiger charge is -2.07. The second-order valence-corrected chi connectivity index (χ2v) is 4.25. The lowest BCUT2D eigenvalue weighted by Crippen LogP contribution is -2.27. The summed E-state index contributed by atoms with van der Waals surface area (Å²) < 4.78 is 6.61. The van der Waals surface area contributed by atoms with Crippen LogP contribution in [0.4, 0.5) is 5.69 Å². The van der Waals surface area contributed by atoms with Crippen LogP contribution in [0.1, 0.15) is 34.4 Å². The van der Waals surface area contributed by atoms with Gasteiger partial charge < -0.3 is 15.6 Å². The van der Waals surface area contributed by atoms with Gasteiger partial charge in [-0.15, -0.1) is 0 Å². The van der Waals surface area contributed by atoms with Crippen LogP contribution in [0, 0.1) is 13.8 Å². The van der Waals surface area contributed by atoms with E-state index < -0.39 is 0 Å². The minimum Gasteiger partial charge on any atom is -0.396 e. The second-order valence-electron chi connectivity index (χ2n) is 4.25. The van der Waals surface area contributed by atoms with E-state index in [1.54, 1.807) is 4.68 Å². The van der Waals surface area contributed by atoms with Crippen molar-refractivity contribution in [3.8, 4) is 0 Å². The van der Waals surface area contributed by atoms with E-state index in [4.69, 9.17) is 10.3 Å². The van der Waals surface area contributed by atoms with E-state index in [0.717, 1.165) is 11.3 Å². The SMILES string of the molecule is CCn1ncc(N)c1C(=O)NCc1c(C)noc1C. The number of aromatic nitrogens is 3. The van der Waals surface area contributed by atoms with Gasteiger partial charge >= 0.3 is 0 Å². The summed E-state index contributed by atoms with van der Waals surface area (Å²) in [6.45, 7) is 6.49. The standard InChI is InChI=1S/C12H17N5O2/c1-4-17-11(10(13)6-15-17)12(18)14-5-9-7(2)16-19-8(9)3/h6H,4-5,13H2,1-3H3,(H,14,18). The number of carbonyl (C=O) groups excluding carboxylic acids is 1. The Morgan fingerprint density at radius 2 is 2.26 bits per heavy atom. The van der Waals surface area contributed by atoms with Gasteiger partial charge in [0, 0.05) is 18.7 Å². The molecule has 0 saturated heterocycles. The fraction of sp³-hybridized carbons (Fsp3) is 0.417. The smallest absolute Gasteiger partial charge is 0.271 e. The van der Waals surface area contributed by atoms with E-state index in [1.165, 1.54) is 6.20 Å². The molecule has 7 nitrogen and oxygen atoms in total. The molecule has 0 fully saturated rings. The van der Waals surface area contributed by atoms with Gasteiger partial charge in [0.1, 0.15) is 11.5 Å². The van der Waals surface area contributed by atoms with Gasteiger partial charge in [-0.2, -0.15) is 5.10 Å². The van der Waals surface area contributed by atoms with E-state index in [-0.39, 0.29) is 5.91 Å². The van der Waals surface area contributed by atoms with Crippen LogP contribution in [-0.2, 0) is 13.1 Å². The molecule has 0 unspecified atom stereocenters. The molecule has 0 radical (unpaired) electrons. The van der Waals surface area contributed by atoms with Crippen molar-refractivity contribution in [3.63, 3.8) is 0 Å². The van der Waals surface area contributed by atoms with E-state index in [2.05, 4.69) is 15.6 Å². The maximum Gasteiger partial charge on any atom is 0.271 e. The number of amides is 1. The number of hydrogen-bond acceptors (Lipinski definition) is 5. The van der Waals surface area contributed by atoms with Crippen LogP contribution in [0.25, 0.3) is 0 Å². The van der Waals surface area contributed by atoms with Gasteiger partial charge in [-0.25, -0.2) is 0 Å². The number of rotatable bonds is 4. The highest BCUT2D eigenvalue weighted by Crippen LogP contribution is 2.14. The lowest BCUT2D eigenvalue weighted by atomic mass is 10.2. The van der Waals surface area contributed by atoms with Crippen molar-refractivity contribution in [1.29, 1.82) is 0 Å². The Bertz CT molecular complexity index is 580. The monoisotopic (exact) mass is 263 g/mol. The molecule has 0 saturated carbocycles. The van der Waals surface area contributed by atoms with Crippen molar-refractivity contribution in [2.24, 2.45) is 0 Å². The first-order valence-electron chi connectivity index (χ1n) is 6.05. The normalized spacial score (nSPS) is 10.7. The number of hydrogen-bond donors (Lipinski definition) is 2. The molecule has 19 heavy (non-hydrogen) atoms. The molecular weight excluding hydrogens is 246 g/mol. The van der Waals surface area contributed by atoms with Gasteiger partial charge in [0.2, 0.25) is 0 Å². The summed E-state index contributed by atoms with van der Waals surface area (Å²) in [5.41, 5.74) is 8.17. The minimum absolute atomic E-state index is 0.253. The fourth-order valence-electron chi connectivity index (χ4n) is 1.89. The number of nitrogens with zero attached hydrogens (tertiary/aromatic N) is 3. The molecule has 1 amide bonds. The third-order valence-electron chi connectivity index (χ3n) is 2.99. The highest BCUT2D eigenvalue weighted by molar-refractivity contribution is 5.97. The Morgan fingerprint density at radius 1 is 1.53 bits per heavy atom. The molecule has 0 spiro atoms. The van der Waals surface area contributed by atoms with E-state index in [0.29, 0.717) is 30.2 Å². The second kappa shape index (κ2) is 5.13. The molecule has 0 aliphatic heterocycles. The number of nitrogen functional groups attached to an aromatic ring is 1. The summed E-state index contributed by atoms with van der Waals surface area (Å²) >= 11 is 0. The molecule has 2 aromatic heterocycles. The molecule has 2 heterocycles. The molecule has 3 N–H and O–H groups in total. The first-order valence-corrected chi connectivity index (χ1v) is 6.05. The highest BCUT2D eigenvalue weighted by atomic mass is 16.5. The van der Waals surface area contributed by atoms with E-state index in [1.807, 2.05) is 20.8 Å². The van der Waals surface area contributed by atoms with Crippen LogP contribution < -0.4 is 11.1 Å². The first kappa shape index (κ1) is 13.1. The predicted octanol–water partition coefficient (Wildman–Crippen LogP) is 1.02. The number of aryl methyl sites for hydroxylation is 3. The minimum atomic E-state index is -0.253. The maximum atomic E-state index is 12.1. The van der Waals surface area contributed by atoms with Crippen LogP contribution in [0.15, 0.2) is 10.7 Å². The summed E-state index contributed by atoms with van der Waals surface area (Å²) in [7, 11) is 0. The van der Waals surface area contributed by atoms with Crippen molar-refractivity contribution in [3.05, 3.63) is 28.9 Å². The third-order valence-corrected chi connectivity index (χ3v) is 2.99. The molecule has 0 aromatic carbocycles. The van der Waals surface area contributed by atoms with Gasteiger partial charge in [-0.05, 0) is 20.8 Å². The predicted molar refractivity (Wildman–Crippen MR) is 69.5 cm³/mol. The van der Waals surface area contributed by atoms with Crippen molar-refractivity contribution in [2.75, 3.05) is 5.73 Å².